The molecule has 1 unspecified atom stereocenters. The molecular formula is C14H14F3NOS. The average molecular weight is 301 g/mol. The molecule has 0 aliphatic carbocycles. The molecule has 2 rings (SSSR count). The second-order valence-electron chi connectivity index (χ2n) is 4.28. The standard InChI is InChI=1S/C14H14F3NOS/c1-9-6-7-13(20-9)12(8-18)19-11-5-3-2-4-10(11)14(15,16)17/h2-7,12H,8,18H2,1H3. The molecule has 0 saturated carbocycles. The van der Waals surface area contributed by atoms with E-state index in [0.29, 0.717) is 0 Å². The van der Waals surface area contributed by atoms with Crippen LogP contribution in [0.5, 0.6) is 5.75 Å². The van der Waals surface area contributed by atoms with Crippen molar-refractivity contribution in [2.24, 2.45) is 5.73 Å². The van der Waals surface area contributed by atoms with E-state index in [9.17, 15) is 13.2 Å². The van der Waals surface area contributed by atoms with Crippen LogP contribution in [0.4, 0.5) is 13.2 Å². The van der Waals surface area contributed by atoms with E-state index < -0.39 is 17.8 Å². The summed E-state index contributed by atoms with van der Waals surface area (Å²) in [5, 5.41) is 0. The van der Waals surface area contributed by atoms with Crippen LogP contribution in [0.15, 0.2) is 36.4 Å². The van der Waals surface area contributed by atoms with Crippen molar-refractivity contribution in [1.29, 1.82) is 0 Å². The second-order valence-corrected chi connectivity index (χ2v) is 5.60. The van der Waals surface area contributed by atoms with E-state index in [-0.39, 0.29) is 12.3 Å². The lowest BCUT2D eigenvalue weighted by molar-refractivity contribution is -0.139. The number of halogens is 3. The van der Waals surface area contributed by atoms with Gasteiger partial charge < -0.3 is 10.5 Å². The third kappa shape index (κ3) is 3.32. The summed E-state index contributed by atoms with van der Waals surface area (Å²) in [4.78, 5) is 1.88. The molecule has 2 aromatic rings. The Hall–Kier alpha value is -1.53. The molecular weight excluding hydrogens is 287 g/mol. The molecule has 0 radical (unpaired) electrons. The Bertz CT molecular complexity index is 580. The van der Waals surface area contributed by atoms with Gasteiger partial charge in [-0.3, -0.25) is 0 Å². The molecule has 2 nitrogen and oxygen atoms in total. The van der Waals surface area contributed by atoms with Crippen LogP contribution < -0.4 is 10.5 Å². The van der Waals surface area contributed by atoms with Crippen LogP contribution in [0.1, 0.15) is 21.4 Å². The first-order valence-electron chi connectivity index (χ1n) is 6.01. The van der Waals surface area contributed by atoms with Crippen molar-refractivity contribution in [3.05, 3.63) is 51.7 Å². The zero-order chi connectivity index (χ0) is 14.8. The molecule has 108 valence electrons. The molecule has 1 heterocycles. The quantitative estimate of drug-likeness (QED) is 0.920. The Morgan fingerprint density at radius 1 is 1.20 bits per heavy atom. The minimum absolute atomic E-state index is 0.117. The van der Waals surface area contributed by atoms with Gasteiger partial charge >= 0.3 is 6.18 Å². The fourth-order valence-corrected chi connectivity index (χ4v) is 2.73. The van der Waals surface area contributed by atoms with Crippen LogP contribution >= 0.6 is 11.3 Å². The number of aryl methyl sites for hydroxylation is 1. The number of hydrogen-bond donors (Lipinski definition) is 1. The summed E-state index contributed by atoms with van der Waals surface area (Å²) in [7, 11) is 0. The molecule has 20 heavy (non-hydrogen) atoms. The zero-order valence-electron chi connectivity index (χ0n) is 10.8. The van der Waals surface area contributed by atoms with Crippen LogP contribution in [-0.2, 0) is 6.18 Å². The van der Waals surface area contributed by atoms with Gasteiger partial charge in [-0.05, 0) is 31.2 Å². The van der Waals surface area contributed by atoms with Crippen molar-refractivity contribution in [2.75, 3.05) is 6.54 Å². The largest absolute Gasteiger partial charge is 0.483 e. The normalized spacial score (nSPS) is 13.2. The average Bonchev–Trinajstić information content (AvgIpc) is 2.82. The van der Waals surface area contributed by atoms with Crippen molar-refractivity contribution < 1.29 is 17.9 Å². The molecule has 1 aromatic carbocycles. The maximum atomic E-state index is 12.9. The number of nitrogens with two attached hydrogens (primary N) is 1. The van der Waals surface area contributed by atoms with E-state index in [1.54, 1.807) is 0 Å². The maximum Gasteiger partial charge on any atom is 0.419 e. The lowest BCUT2D eigenvalue weighted by atomic mass is 10.2. The van der Waals surface area contributed by atoms with Crippen LogP contribution in [-0.4, -0.2) is 6.54 Å². The lowest BCUT2D eigenvalue weighted by Gasteiger charge is -2.19. The smallest absolute Gasteiger partial charge is 0.419 e. The van der Waals surface area contributed by atoms with Crippen molar-refractivity contribution in [1.82, 2.24) is 0 Å². The fourth-order valence-electron chi connectivity index (χ4n) is 1.81. The molecule has 0 aliphatic rings. The maximum absolute atomic E-state index is 12.9. The monoisotopic (exact) mass is 301 g/mol. The molecule has 6 heteroatoms. The van der Waals surface area contributed by atoms with Crippen molar-refractivity contribution in [2.45, 2.75) is 19.2 Å². The van der Waals surface area contributed by atoms with Gasteiger partial charge in [-0.25, -0.2) is 0 Å². The predicted molar refractivity (Wildman–Crippen MR) is 72.9 cm³/mol. The highest BCUT2D eigenvalue weighted by molar-refractivity contribution is 7.12. The van der Waals surface area contributed by atoms with Crippen molar-refractivity contribution in [3.63, 3.8) is 0 Å². The molecule has 0 saturated heterocycles. The van der Waals surface area contributed by atoms with Crippen LogP contribution in [0.2, 0.25) is 0 Å². The molecule has 0 bridgehead atoms. The summed E-state index contributed by atoms with van der Waals surface area (Å²) in [5.41, 5.74) is 4.84. The molecule has 0 spiro atoms. The second kappa shape index (κ2) is 5.85. The van der Waals surface area contributed by atoms with E-state index in [4.69, 9.17) is 10.5 Å². The number of ether oxygens (including phenoxy) is 1. The Kier molecular flexibility index (Phi) is 4.35. The lowest BCUT2D eigenvalue weighted by Crippen LogP contribution is -2.19. The number of thiophene rings is 1. The van der Waals surface area contributed by atoms with Gasteiger partial charge in [-0.2, -0.15) is 13.2 Å². The van der Waals surface area contributed by atoms with Crippen LogP contribution in [0, 0.1) is 6.92 Å². The van der Waals surface area contributed by atoms with Gasteiger partial charge in [0.25, 0.3) is 0 Å². The van der Waals surface area contributed by atoms with Crippen LogP contribution in [0.3, 0.4) is 0 Å². The minimum Gasteiger partial charge on any atom is -0.483 e. The van der Waals surface area contributed by atoms with E-state index in [2.05, 4.69) is 0 Å². The highest BCUT2D eigenvalue weighted by atomic mass is 32.1. The molecule has 1 aromatic heterocycles. The van der Waals surface area contributed by atoms with Gasteiger partial charge in [0.15, 0.2) is 0 Å². The third-order valence-electron chi connectivity index (χ3n) is 2.75. The van der Waals surface area contributed by atoms with E-state index in [1.807, 2.05) is 19.1 Å². The Labute approximate surface area is 119 Å². The molecule has 0 amide bonds. The summed E-state index contributed by atoms with van der Waals surface area (Å²) >= 11 is 1.47. The van der Waals surface area contributed by atoms with E-state index in [1.165, 1.54) is 29.5 Å². The van der Waals surface area contributed by atoms with E-state index >= 15 is 0 Å². The SMILES string of the molecule is Cc1ccc(C(CN)Oc2ccccc2C(F)(F)F)s1. The third-order valence-corrected chi connectivity index (χ3v) is 3.85. The Morgan fingerprint density at radius 2 is 1.90 bits per heavy atom. The number of alkyl halides is 3. The first-order chi connectivity index (χ1) is 9.41. The van der Waals surface area contributed by atoms with Crippen LogP contribution in [0.25, 0.3) is 0 Å². The highest BCUT2D eigenvalue weighted by Crippen LogP contribution is 2.38. The van der Waals surface area contributed by atoms with Crippen molar-refractivity contribution in [3.8, 4) is 5.75 Å². The Morgan fingerprint density at radius 3 is 2.45 bits per heavy atom. The predicted octanol–water partition coefficient (Wildman–Crippen LogP) is 4.15. The minimum atomic E-state index is -4.44. The molecule has 0 aliphatic heterocycles. The topological polar surface area (TPSA) is 35.2 Å². The zero-order valence-corrected chi connectivity index (χ0v) is 11.6. The summed E-state index contributed by atoms with van der Waals surface area (Å²) in [5.74, 6) is -0.193. The first-order valence-corrected chi connectivity index (χ1v) is 6.82. The van der Waals surface area contributed by atoms with Gasteiger partial charge in [0.05, 0.1) is 5.56 Å². The van der Waals surface area contributed by atoms with Gasteiger partial charge in [-0.1, -0.05) is 12.1 Å². The molecule has 0 fully saturated rings. The van der Waals surface area contributed by atoms with E-state index in [0.717, 1.165) is 15.8 Å². The molecule has 1 atom stereocenters. The fraction of sp³-hybridized carbons (Fsp3) is 0.286. The number of hydrogen-bond acceptors (Lipinski definition) is 3. The summed E-state index contributed by atoms with van der Waals surface area (Å²) < 4.78 is 44.2. The Balaban J connectivity index is 2.29. The summed E-state index contributed by atoms with van der Waals surface area (Å²) in [6, 6.07) is 8.88. The molecule has 2 N–H and O–H groups in total. The van der Waals surface area contributed by atoms with Gasteiger partial charge in [0.1, 0.15) is 11.9 Å². The number of rotatable bonds is 4. The van der Waals surface area contributed by atoms with Gasteiger partial charge in [0, 0.05) is 16.3 Å². The number of benzene rings is 1. The van der Waals surface area contributed by atoms with Crippen molar-refractivity contribution >= 4 is 11.3 Å². The highest BCUT2D eigenvalue weighted by Gasteiger charge is 2.34. The first kappa shape index (κ1) is 14.9. The summed E-state index contributed by atoms with van der Waals surface area (Å²) in [6.45, 7) is 2.04. The number of para-hydroxylation sites is 1. The van der Waals surface area contributed by atoms with Gasteiger partial charge in [0.2, 0.25) is 0 Å². The van der Waals surface area contributed by atoms with Gasteiger partial charge in [-0.15, -0.1) is 11.3 Å². The summed E-state index contributed by atoms with van der Waals surface area (Å²) in [6.07, 6.45) is -5.02.